The maximum Gasteiger partial charge on any atom is 0.312 e. The van der Waals surface area contributed by atoms with Crippen LogP contribution >= 0.6 is 0 Å². The van der Waals surface area contributed by atoms with Crippen molar-refractivity contribution in [2.75, 3.05) is 31.1 Å². The van der Waals surface area contributed by atoms with Gasteiger partial charge in [0, 0.05) is 25.3 Å². The van der Waals surface area contributed by atoms with Gasteiger partial charge in [-0.3, -0.25) is 9.59 Å². The van der Waals surface area contributed by atoms with Crippen molar-refractivity contribution in [3.05, 3.63) is 29.8 Å². The monoisotopic (exact) mass is 274 g/mol. The standard InChI is InChI=1S/C15H18N2O3/c18-14(16-7-3-4-8-16)10-17-9-12(15(19)20)11-5-1-2-6-13(11)17/h1-2,5-6,12H,3-4,7-10H2,(H,19,20). The van der Waals surface area contributed by atoms with Crippen molar-refractivity contribution in [2.24, 2.45) is 0 Å². The van der Waals surface area contributed by atoms with Crippen LogP contribution in [0.5, 0.6) is 0 Å². The van der Waals surface area contributed by atoms with Crippen LogP contribution in [-0.2, 0) is 9.59 Å². The molecule has 1 saturated heterocycles. The SMILES string of the molecule is O=C(O)C1CN(CC(=O)N2CCCC2)c2ccccc21. The summed E-state index contributed by atoms with van der Waals surface area (Å²) in [5.74, 6) is -1.26. The molecule has 5 heteroatoms. The van der Waals surface area contributed by atoms with Crippen LogP contribution in [0.2, 0.25) is 0 Å². The number of carbonyl (C=O) groups is 2. The lowest BCUT2D eigenvalue weighted by Gasteiger charge is -2.23. The molecule has 1 aromatic rings. The van der Waals surface area contributed by atoms with Gasteiger partial charge in [-0.1, -0.05) is 18.2 Å². The van der Waals surface area contributed by atoms with Gasteiger partial charge in [-0.25, -0.2) is 0 Å². The molecule has 1 atom stereocenters. The Morgan fingerprint density at radius 2 is 1.90 bits per heavy atom. The number of anilines is 1. The fraction of sp³-hybridized carbons (Fsp3) is 0.467. The van der Waals surface area contributed by atoms with E-state index in [-0.39, 0.29) is 12.5 Å². The number of para-hydroxylation sites is 1. The predicted octanol–water partition coefficient (Wildman–Crippen LogP) is 1.30. The number of hydrogen-bond donors (Lipinski definition) is 1. The molecule has 0 radical (unpaired) electrons. The number of aliphatic carboxylic acids is 1. The van der Waals surface area contributed by atoms with Crippen molar-refractivity contribution in [1.82, 2.24) is 4.90 Å². The third-order valence-electron chi connectivity index (χ3n) is 4.14. The summed E-state index contributed by atoms with van der Waals surface area (Å²) in [6.07, 6.45) is 2.14. The molecular formula is C15H18N2O3. The molecule has 2 aliphatic heterocycles. The van der Waals surface area contributed by atoms with Crippen LogP contribution < -0.4 is 4.90 Å². The van der Waals surface area contributed by atoms with E-state index in [2.05, 4.69) is 0 Å². The van der Waals surface area contributed by atoms with Gasteiger partial charge in [0.1, 0.15) is 5.92 Å². The maximum atomic E-state index is 12.2. The van der Waals surface area contributed by atoms with E-state index >= 15 is 0 Å². The fourth-order valence-electron chi connectivity index (χ4n) is 3.08. The molecule has 1 N–H and O–H groups in total. The molecule has 0 spiro atoms. The number of rotatable bonds is 3. The molecule has 2 heterocycles. The Kier molecular flexibility index (Phi) is 3.34. The van der Waals surface area contributed by atoms with Gasteiger partial charge >= 0.3 is 5.97 Å². The first-order valence-corrected chi connectivity index (χ1v) is 7.01. The number of amides is 1. The van der Waals surface area contributed by atoms with E-state index in [9.17, 15) is 14.7 Å². The predicted molar refractivity (Wildman–Crippen MR) is 74.8 cm³/mol. The number of fused-ring (bicyclic) bond motifs is 1. The molecule has 1 amide bonds. The fourth-order valence-corrected chi connectivity index (χ4v) is 3.08. The van der Waals surface area contributed by atoms with Crippen LogP contribution in [0.15, 0.2) is 24.3 Å². The molecule has 0 aliphatic carbocycles. The first-order chi connectivity index (χ1) is 9.66. The van der Waals surface area contributed by atoms with Crippen molar-refractivity contribution < 1.29 is 14.7 Å². The topological polar surface area (TPSA) is 60.9 Å². The second-order valence-corrected chi connectivity index (χ2v) is 5.42. The number of carbonyl (C=O) groups excluding carboxylic acids is 1. The average Bonchev–Trinajstić information content (AvgIpc) is 3.07. The highest BCUT2D eigenvalue weighted by atomic mass is 16.4. The first-order valence-electron chi connectivity index (χ1n) is 7.01. The molecule has 2 aliphatic rings. The Labute approximate surface area is 117 Å². The molecule has 106 valence electrons. The van der Waals surface area contributed by atoms with Gasteiger partial charge in [0.2, 0.25) is 5.91 Å². The quantitative estimate of drug-likeness (QED) is 0.902. The summed E-state index contributed by atoms with van der Waals surface area (Å²) in [7, 11) is 0. The molecule has 20 heavy (non-hydrogen) atoms. The summed E-state index contributed by atoms with van der Waals surface area (Å²) in [5.41, 5.74) is 1.70. The highest BCUT2D eigenvalue weighted by Crippen LogP contribution is 2.36. The zero-order valence-electron chi connectivity index (χ0n) is 11.3. The largest absolute Gasteiger partial charge is 0.481 e. The summed E-state index contributed by atoms with van der Waals surface area (Å²) < 4.78 is 0. The van der Waals surface area contributed by atoms with E-state index in [1.807, 2.05) is 34.1 Å². The summed E-state index contributed by atoms with van der Waals surface area (Å²) in [6.45, 7) is 2.32. The second-order valence-electron chi connectivity index (χ2n) is 5.42. The molecule has 3 rings (SSSR count). The van der Waals surface area contributed by atoms with Crippen molar-refractivity contribution in [3.63, 3.8) is 0 Å². The zero-order valence-corrected chi connectivity index (χ0v) is 11.3. The Balaban J connectivity index is 1.78. The third-order valence-corrected chi connectivity index (χ3v) is 4.14. The number of carboxylic acids is 1. The van der Waals surface area contributed by atoms with Crippen LogP contribution in [0, 0.1) is 0 Å². The second kappa shape index (κ2) is 5.15. The minimum atomic E-state index is -0.825. The van der Waals surface area contributed by atoms with E-state index in [1.165, 1.54) is 0 Å². The van der Waals surface area contributed by atoms with E-state index < -0.39 is 11.9 Å². The smallest absolute Gasteiger partial charge is 0.312 e. The van der Waals surface area contributed by atoms with E-state index in [1.54, 1.807) is 0 Å². The molecule has 1 fully saturated rings. The summed E-state index contributed by atoms with van der Waals surface area (Å²) in [4.78, 5) is 27.3. The normalized spacial score (nSPS) is 21.1. The molecule has 0 saturated carbocycles. The molecule has 1 unspecified atom stereocenters. The molecule has 5 nitrogen and oxygen atoms in total. The minimum absolute atomic E-state index is 0.100. The Hall–Kier alpha value is -2.04. The van der Waals surface area contributed by atoms with Crippen molar-refractivity contribution in [1.29, 1.82) is 0 Å². The van der Waals surface area contributed by atoms with E-state index in [0.717, 1.165) is 37.2 Å². The molecule has 0 bridgehead atoms. The highest BCUT2D eigenvalue weighted by Gasteiger charge is 2.34. The lowest BCUT2D eigenvalue weighted by Crippen LogP contribution is -2.39. The lowest BCUT2D eigenvalue weighted by molar-refractivity contribution is -0.138. The zero-order chi connectivity index (χ0) is 14.1. The summed E-state index contributed by atoms with van der Waals surface area (Å²) in [6, 6.07) is 7.47. The van der Waals surface area contributed by atoms with Gasteiger partial charge in [0.25, 0.3) is 0 Å². The van der Waals surface area contributed by atoms with Gasteiger partial charge in [-0.2, -0.15) is 0 Å². The maximum absolute atomic E-state index is 12.2. The summed E-state index contributed by atoms with van der Waals surface area (Å²) >= 11 is 0. The number of likely N-dealkylation sites (tertiary alicyclic amines) is 1. The minimum Gasteiger partial charge on any atom is -0.481 e. The van der Waals surface area contributed by atoms with Crippen LogP contribution in [-0.4, -0.2) is 48.1 Å². The lowest BCUT2D eigenvalue weighted by atomic mass is 10.0. The van der Waals surface area contributed by atoms with Gasteiger partial charge < -0.3 is 14.9 Å². The van der Waals surface area contributed by atoms with Crippen molar-refractivity contribution in [2.45, 2.75) is 18.8 Å². The summed E-state index contributed by atoms with van der Waals surface area (Å²) in [5, 5.41) is 9.30. The average molecular weight is 274 g/mol. The number of hydrogen-bond acceptors (Lipinski definition) is 3. The number of benzene rings is 1. The number of carboxylic acid groups (broad SMARTS) is 1. The molecular weight excluding hydrogens is 256 g/mol. The van der Waals surface area contributed by atoms with E-state index in [0.29, 0.717) is 6.54 Å². The van der Waals surface area contributed by atoms with Gasteiger partial charge in [-0.05, 0) is 24.5 Å². The Morgan fingerprint density at radius 3 is 2.60 bits per heavy atom. The van der Waals surface area contributed by atoms with Crippen LogP contribution in [0.3, 0.4) is 0 Å². The van der Waals surface area contributed by atoms with Crippen molar-refractivity contribution in [3.8, 4) is 0 Å². The van der Waals surface area contributed by atoms with Gasteiger partial charge in [0.05, 0.1) is 6.54 Å². The molecule has 0 aromatic heterocycles. The van der Waals surface area contributed by atoms with Crippen molar-refractivity contribution >= 4 is 17.6 Å². The van der Waals surface area contributed by atoms with Crippen LogP contribution in [0.1, 0.15) is 24.3 Å². The van der Waals surface area contributed by atoms with Crippen LogP contribution in [0.4, 0.5) is 5.69 Å². The first kappa shape index (κ1) is 13.0. The number of nitrogens with zero attached hydrogens (tertiary/aromatic N) is 2. The van der Waals surface area contributed by atoms with Crippen LogP contribution in [0.25, 0.3) is 0 Å². The van der Waals surface area contributed by atoms with Gasteiger partial charge in [0.15, 0.2) is 0 Å². The molecule has 1 aromatic carbocycles. The van der Waals surface area contributed by atoms with Gasteiger partial charge in [-0.15, -0.1) is 0 Å². The van der Waals surface area contributed by atoms with E-state index in [4.69, 9.17) is 0 Å². The Bertz CT molecular complexity index is 538. The third kappa shape index (κ3) is 2.24. The highest BCUT2D eigenvalue weighted by molar-refractivity contribution is 5.87. The Morgan fingerprint density at radius 1 is 1.20 bits per heavy atom.